The lowest BCUT2D eigenvalue weighted by Crippen LogP contribution is -2.56. The molecule has 174 valence electrons. The van der Waals surface area contributed by atoms with Crippen molar-refractivity contribution in [2.75, 3.05) is 31.1 Å². The predicted octanol–water partition coefficient (Wildman–Crippen LogP) is 2.54. The van der Waals surface area contributed by atoms with Crippen LogP contribution in [0.1, 0.15) is 10.4 Å². The monoisotopic (exact) mass is 465 g/mol. The number of benzene rings is 2. The summed E-state index contributed by atoms with van der Waals surface area (Å²) in [5.41, 5.74) is 1.14. The standard InChI is InChI=1S/C24H21F2N5O3/c25-16-1-6-21(22(26)9-16)24(33)30-13-20(14-30)34-19-4-2-17(3-5-19)31(18-7-8-28-29-12-18)23(32)15-10-27-11-15/h1-9,12,15,20,27H,10-11,13-14H2. The molecule has 2 amide bonds. The van der Waals surface area contributed by atoms with E-state index in [-0.39, 0.29) is 23.5 Å². The molecule has 1 aromatic heterocycles. The summed E-state index contributed by atoms with van der Waals surface area (Å²) in [5.74, 6) is -1.66. The van der Waals surface area contributed by atoms with E-state index in [2.05, 4.69) is 15.5 Å². The second-order valence-electron chi connectivity index (χ2n) is 8.20. The van der Waals surface area contributed by atoms with Gasteiger partial charge in [0.25, 0.3) is 5.91 Å². The number of hydrogen-bond acceptors (Lipinski definition) is 6. The van der Waals surface area contributed by atoms with Crippen LogP contribution in [-0.2, 0) is 4.79 Å². The molecule has 2 aromatic carbocycles. The van der Waals surface area contributed by atoms with E-state index in [9.17, 15) is 18.4 Å². The number of ether oxygens (including phenoxy) is 1. The lowest BCUT2D eigenvalue weighted by molar-refractivity contribution is -0.123. The van der Waals surface area contributed by atoms with Gasteiger partial charge < -0.3 is 15.0 Å². The second kappa shape index (κ2) is 9.14. The maximum atomic E-state index is 13.9. The quantitative estimate of drug-likeness (QED) is 0.602. The van der Waals surface area contributed by atoms with Crippen LogP contribution in [0.3, 0.4) is 0 Å². The second-order valence-corrected chi connectivity index (χ2v) is 8.20. The molecule has 2 fully saturated rings. The van der Waals surface area contributed by atoms with Crippen LogP contribution in [0.5, 0.6) is 5.75 Å². The summed E-state index contributed by atoms with van der Waals surface area (Å²) in [7, 11) is 0. The van der Waals surface area contributed by atoms with Gasteiger partial charge in [0, 0.05) is 24.8 Å². The van der Waals surface area contributed by atoms with Gasteiger partial charge in [-0.1, -0.05) is 0 Å². The van der Waals surface area contributed by atoms with E-state index in [1.165, 1.54) is 11.1 Å². The summed E-state index contributed by atoms with van der Waals surface area (Å²) in [6.45, 7) is 1.85. The highest BCUT2D eigenvalue weighted by Crippen LogP contribution is 2.30. The lowest BCUT2D eigenvalue weighted by Gasteiger charge is -2.39. The predicted molar refractivity (Wildman–Crippen MR) is 119 cm³/mol. The molecule has 2 saturated heterocycles. The van der Waals surface area contributed by atoms with E-state index in [4.69, 9.17) is 4.74 Å². The number of rotatable bonds is 6. The first kappa shape index (κ1) is 21.9. The van der Waals surface area contributed by atoms with Gasteiger partial charge in [0.05, 0.1) is 42.7 Å². The Hall–Kier alpha value is -3.92. The highest BCUT2D eigenvalue weighted by Gasteiger charge is 2.34. The molecule has 3 heterocycles. The lowest BCUT2D eigenvalue weighted by atomic mass is 10.0. The summed E-state index contributed by atoms with van der Waals surface area (Å²) in [6, 6.07) is 11.7. The Kier molecular flexibility index (Phi) is 5.89. The third kappa shape index (κ3) is 4.32. The molecule has 1 N–H and O–H groups in total. The molecule has 0 spiro atoms. The average molecular weight is 465 g/mol. The highest BCUT2D eigenvalue weighted by molar-refractivity contribution is 6.02. The van der Waals surface area contributed by atoms with Crippen LogP contribution in [0.15, 0.2) is 60.9 Å². The van der Waals surface area contributed by atoms with Gasteiger partial charge in [-0.15, -0.1) is 0 Å². The number of nitrogens with zero attached hydrogens (tertiary/aromatic N) is 4. The van der Waals surface area contributed by atoms with Crippen LogP contribution in [0.4, 0.5) is 20.2 Å². The minimum Gasteiger partial charge on any atom is -0.487 e. The molecule has 2 aliphatic rings. The summed E-state index contributed by atoms with van der Waals surface area (Å²) >= 11 is 0. The number of anilines is 2. The fourth-order valence-electron chi connectivity index (χ4n) is 3.84. The molecule has 0 unspecified atom stereocenters. The molecule has 10 heteroatoms. The van der Waals surface area contributed by atoms with Crippen molar-refractivity contribution in [1.82, 2.24) is 20.4 Å². The molecule has 0 saturated carbocycles. The van der Waals surface area contributed by atoms with Gasteiger partial charge in [0.15, 0.2) is 0 Å². The number of likely N-dealkylation sites (tertiary alicyclic amines) is 1. The summed E-state index contributed by atoms with van der Waals surface area (Å²) in [4.78, 5) is 28.5. The van der Waals surface area contributed by atoms with E-state index >= 15 is 0 Å². The van der Waals surface area contributed by atoms with Crippen LogP contribution in [0, 0.1) is 17.6 Å². The molecule has 0 aliphatic carbocycles. The van der Waals surface area contributed by atoms with Crippen LogP contribution < -0.4 is 15.0 Å². The fraction of sp³-hybridized carbons (Fsp3) is 0.250. The Bertz CT molecular complexity index is 1200. The molecule has 0 radical (unpaired) electrons. The molecule has 5 rings (SSSR count). The zero-order valence-corrected chi connectivity index (χ0v) is 18.0. The van der Waals surface area contributed by atoms with E-state index < -0.39 is 17.5 Å². The van der Waals surface area contributed by atoms with Crippen molar-refractivity contribution in [1.29, 1.82) is 0 Å². The van der Waals surface area contributed by atoms with Crippen molar-refractivity contribution in [2.24, 2.45) is 5.92 Å². The van der Waals surface area contributed by atoms with Gasteiger partial charge in [-0.05, 0) is 42.5 Å². The van der Waals surface area contributed by atoms with Gasteiger partial charge in [0.2, 0.25) is 5.91 Å². The van der Waals surface area contributed by atoms with E-state index in [1.807, 2.05) is 0 Å². The number of hydrogen-bond donors (Lipinski definition) is 1. The van der Waals surface area contributed by atoms with Gasteiger partial charge in [-0.2, -0.15) is 10.2 Å². The fourth-order valence-corrected chi connectivity index (χ4v) is 3.84. The van der Waals surface area contributed by atoms with Crippen LogP contribution in [0.2, 0.25) is 0 Å². The van der Waals surface area contributed by atoms with Crippen molar-refractivity contribution in [3.8, 4) is 5.75 Å². The van der Waals surface area contributed by atoms with Crippen molar-refractivity contribution >= 4 is 23.2 Å². The smallest absolute Gasteiger partial charge is 0.257 e. The van der Waals surface area contributed by atoms with Crippen molar-refractivity contribution in [2.45, 2.75) is 6.10 Å². The Labute approximate surface area is 194 Å². The molecular formula is C24H21F2N5O3. The average Bonchev–Trinajstić information content (AvgIpc) is 2.76. The van der Waals surface area contributed by atoms with Crippen LogP contribution >= 0.6 is 0 Å². The third-order valence-corrected chi connectivity index (χ3v) is 5.87. The largest absolute Gasteiger partial charge is 0.487 e. The maximum absolute atomic E-state index is 13.9. The van der Waals surface area contributed by atoms with Gasteiger partial charge >= 0.3 is 0 Å². The Morgan fingerprint density at radius 1 is 1.00 bits per heavy atom. The normalized spacial score (nSPS) is 15.9. The van der Waals surface area contributed by atoms with Crippen molar-refractivity contribution < 1.29 is 23.1 Å². The van der Waals surface area contributed by atoms with Gasteiger partial charge in [-0.3, -0.25) is 14.5 Å². The Morgan fingerprint density at radius 3 is 2.38 bits per heavy atom. The molecule has 2 aliphatic heterocycles. The van der Waals surface area contributed by atoms with E-state index in [0.29, 0.717) is 49.4 Å². The highest BCUT2D eigenvalue weighted by atomic mass is 19.1. The first-order valence-electron chi connectivity index (χ1n) is 10.8. The SMILES string of the molecule is O=C(c1ccc(F)cc1F)N1CC(Oc2ccc(N(C(=O)C3CNC3)c3ccnnc3)cc2)C1. The van der Waals surface area contributed by atoms with Crippen LogP contribution in [0.25, 0.3) is 0 Å². The molecule has 8 nitrogen and oxygen atoms in total. The topological polar surface area (TPSA) is 87.7 Å². The third-order valence-electron chi connectivity index (χ3n) is 5.87. The van der Waals surface area contributed by atoms with Gasteiger partial charge in [0.1, 0.15) is 23.5 Å². The first-order valence-corrected chi connectivity index (χ1v) is 10.8. The number of amides is 2. The molecule has 0 bridgehead atoms. The molecule has 3 aromatic rings. The number of nitrogens with one attached hydrogen (secondary N) is 1. The molecular weight excluding hydrogens is 444 g/mol. The molecule has 34 heavy (non-hydrogen) atoms. The van der Waals surface area contributed by atoms with E-state index in [0.717, 1.165) is 12.1 Å². The van der Waals surface area contributed by atoms with Crippen molar-refractivity contribution in [3.63, 3.8) is 0 Å². The van der Waals surface area contributed by atoms with Crippen molar-refractivity contribution in [3.05, 3.63) is 78.1 Å². The summed E-state index contributed by atoms with van der Waals surface area (Å²) in [5, 5.41) is 10.8. The van der Waals surface area contributed by atoms with Gasteiger partial charge in [-0.25, -0.2) is 8.78 Å². The number of carbonyl (C=O) groups excluding carboxylic acids is 2. The Balaban J connectivity index is 1.23. The van der Waals surface area contributed by atoms with E-state index in [1.54, 1.807) is 41.4 Å². The minimum absolute atomic E-state index is 0.0263. The zero-order valence-electron chi connectivity index (χ0n) is 18.0. The zero-order chi connectivity index (χ0) is 23.7. The summed E-state index contributed by atoms with van der Waals surface area (Å²) < 4.78 is 32.9. The number of carbonyl (C=O) groups is 2. The number of halogens is 2. The number of aromatic nitrogens is 2. The Morgan fingerprint density at radius 2 is 1.76 bits per heavy atom. The van der Waals surface area contributed by atoms with Crippen LogP contribution in [-0.4, -0.2) is 59.2 Å². The molecule has 0 atom stereocenters. The maximum Gasteiger partial charge on any atom is 0.257 e. The summed E-state index contributed by atoms with van der Waals surface area (Å²) in [6.07, 6.45) is 2.83. The first-order chi connectivity index (χ1) is 16.5. The minimum atomic E-state index is -0.883.